The van der Waals surface area contributed by atoms with Crippen molar-refractivity contribution in [2.45, 2.75) is 31.1 Å². The number of carboxylic acid groups (broad SMARTS) is 1. The van der Waals surface area contributed by atoms with E-state index in [0.717, 1.165) is 6.42 Å². The summed E-state index contributed by atoms with van der Waals surface area (Å²) in [5.41, 5.74) is 0. The van der Waals surface area contributed by atoms with E-state index in [4.69, 9.17) is 9.84 Å². The number of ether oxygens (including phenoxy) is 1. The van der Waals surface area contributed by atoms with Crippen molar-refractivity contribution in [2.24, 2.45) is 0 Å². The van der Waals surface area contributed by atoms with Crippen molar-refractivity contribution in [3.8, 4) is 0 Å². The first-order valence-electron chi connectivity index (χ1n) is 6.41. The van der Waals surface area contributed by atoms with Crippen LogP contribution < -0.4 is 5.32 Å². The minimum atomic E-state index is -0.913. The van der Waals surface area contributed by atoms with Gasteiger partial charge in [-0.05, 0) is 12.7 Å². The number of carbonyl (C=O) groups excluding carboxylic acids is 1. The molecule has 0 radical (unpaired) electrons. The van der Waals surface area contributed by atoms with Crippen LogP contribution in [0, 0.1) is 0 Å². The molecule has 6 nitrogen and oxygen atoms in total. The molecule has 1 heterocycles. The molecule has 0 aromatic heterocycles. The van der Waals surface area contributed by atoms with E-state index in [9.17, 15) is 9.59 Å². The second kappa shape index (κ2) is 8.27. The Morgan fingerprint density at radius 2 is 2.32 bits per heavy atom. The molecule has 0 aliphatic carbocycles. The van der Waals surface area contributed by atoms with Crippen LogP contribution in [0.15, 0.2) is 0 Å². The quantitative estimate of drug-likeness (QED) is 0.763. The third-order valence-electron chi connectivity index (χ3n) is 3.13. The van der Waals surface area contributed by atoms with Gasteiger partial charge < -0.3 is 20.1 Å². The highest BCUT2D eigenvalue weighted by atomic mass is 32.2. The molecule has 1 aliphatic heterocycles. The van der Waals surface area contributed by atoms with Gasteiger partial charge in [0.25, 0.3) is 0 Å². The smallest absolute Gasteiger partial charge is 0.317 e. The Kier molecular flexibility index (Phi) is 7.01. The van der Waals surface area contributed by atoms with Crippen molar-refractivity contribution >= 4 is 23.8 Å². The number of thioether (sulfide) groups is 1. The highest BCUT2D eigenvalue weighted by Crippen LogP contribution is 2.12. The summed E-state index contributed by atoms with van der Waals surface area (Å²) in [6.45, 7) is 3.92. The summed E-state index contributed by atoms with van der Waals surface area (Å²) in [4.78, 5) is 24.4. The Morgan fingerprint density at radius 3 is 2.95 bits per heavy atom. The summed E-state index contributed by atoms with van der Waals surface area (Å²) >= 11 is 1.76. The van der Waals surface area contributed by atoms with Crippen LogP contribution in [0.4, 0.5) is 4.79 Å². The highest BCUT2D eigenvalue weighted by molar-refractivity contribution is 7.99. The average Bonchev–Trinajstić information content (AvgIpc) is 2.38. The van der Waals surface area contributed by atoms with Gasteiger partial charge in [-0.15, -0.1) is 0 Å². The number of nitrogens with one attached hydrogen (secondary N) is 1. The fourth-order valence-corrected chi connectivity index (χ4v) is 2.25. The summed E-state index contributed by atoms with van der Waals surface area (Å²) in [6, 6.07) is -0.563. The first-order valence-corrected chi connectivity index (χ1v) is 7.70. The van der Waals surface area contributed by atoms with Gasteiger partial charge in [-0.3, -0.25) is 4.79 Å². The predicted molar refractivity (Wildman–Crippen MR) is 74.6 cm³/mol. The summed E-state index contributed by atoms with van der Waals surface area (Å²) in [7, 11) is 0. The number of amides is 2. The average molecular weight is 290 g/mol. The van der Waals surface area contributed by atoms with Gasteiger partial charge in [0.2, 0.25) is 0 Å². The van der Waals surface area contributed by atoms with Crippen LogP contribution in [0.1, 0.15) is 19.8 Å². The van der Waals surface area contributed by atoms with Crippen LogP contribution in [-0.2, 0) is 9.53 Å². The Balaban J connectivity index is 2.41. The summed E-state index contributed by atoms with van der Waals surface area (Å²) in [5.74, 6) is -0.913. The van der Waals surface area contributed by atoms with Crippen LogP contribution in [0.3, 0.4) is 0 Å². The minimum Gasteiger partial charge on any atom is -0.481 e. The number of morpholine rings is 1. The van der Waals surface area contributed by atoms with E-state index in [2.05, 4.69) is 12.2 Å². The predicted octanol–water partition coefficient (Wildman–Crippen LogP) is 1.01. The molecule has 1 saturated heterocycles. The molecule has 110 valence electrons. The van der Waals surface area contributed by atoms with Crippen molar-refractivity contribution in [3.63, 3.8) is 0 Å². The first-order chi connectivity index (χ1) is 9.04. The second-order valence-electron chi connectivity index (χ2n) is 4.59. The molecule has 0 spiro atoms. The molecule has 0 aromatic carbocycles. The van der Waals surface area contributed by atoms with Crippen LogP contribution in [-0.4, -0.2) is 65.9 Å². The van der Waals surface area contributed by atoms with E-state index >= 15 is 0 Å². The van der Waals surface area contributed by atoms with Gasteiger partial charge in [0.05, 0.1) is 25.7 Å². The molecule has 0 aromatic rings. The fraction of sp³-hybridized carbons (Fsp3) is 0.833. The number of carboxylic acids is 1. The van der Waals surface area contributed by atoms with Crippen molar-refractivity contribution in [2.75, 3.05) is 32.6 Å². The Bertz CT molecular complexity index is 314. The normalized spacial score (nSPS) is 20.9. The molecule has 2 amide bonds. The summed E-state index contributed by atoms with van der Waals surface area (Å²) in [6.07, 6.45) is 2.87. The molecule has 0 saturated carbocycles. The van der Waals surface area contributed by atoms with Crippen LogP contribution in [0.25, 0.3) is 0 Å². The minimum absolute atomic E-state index is 0.0748. The molecular weight excluding hydrogens is 268 g/mol. The lowest BCUT2D eigenvalue weighted by Crippen LogP contribution is -2.53. The molecule has 1 aliphatic rings. The van der Waals surface area contributed by atoms with E-state index < -0.39 is 5.97 Å². The van der Waals surface area contributed by atoms with Crippen molar-refractivity contribution in [1.82, 2.24) is 10.2 Å². The largest absolute Gasteiger partial charge is 0.481 e. The van der Waals surface area contributed by atoms with Crippen LogP contribution >= 0.6 is 11.8 Å². The van der Waals surface area contributed by atoms with Gasteiger partial charge in [0.15, 0.2) is 0 Å². The molecule has 2 atom stereocenters. The van der Waals surface area contributed by atoms with Gasteiger partial charge in [-0.2, -0.15) is 11.8 Å². The van der Waals surface area contributed by atoms with E-state index in [1.807, 2.05) is 6.26 Å². The number of carbonyl (C=O) groups is 2. The maximum Gasteiger partial charge on any atom is 0.317 e. The lowest BCUT2D eigenvalue weighted by molar-refractivity contribution is -0.139. The second-order valence-corrected chi connectivity index (χ2v) is 5.86. The highest BCUT2D eigenvalue weighted by Gasteiger charge is 2.28. The Morgan fingerprint density at radius 1 is 1.58 bits per heavy atom. The number of hydrogen-bond donors (Lipinski definition) is 2. The van der Waals surface area contributed by atoms with Crippen LogP contribution in [0.2, 0.25) is 0 Å². The van der Waals surface area contributed by atoms with Gasteiger partial charge in [0, 0.05) is 18.3 Å². The summed E-state index contributed by atoms with van der Waals surface area (Å²) in [5, 5.41) is 12.2. The van der Waals surface area contributed by atoms with E-state index in [0.29, 0.717) is 31.6 Å². The molecule has 19 heavy (non-hydrogen) atoms. The molecule has 2 N–H and O–H groups in total. The van der Waals surface area contributed by atoms with Gasteiger partial charge in [-0.1, -0.05) is 6.92 Å². The number of rotatable bonds is 6. The lowest BCUT2D eigenvalue weighted by Gasteiger charge is -2.34. The van der Waals surface area contributed by atoms with Gasteiger partial charge in [0.1, 0.15) is 0 Å². The van der Waals surface area contributed by atoms with Gasteiger partial charge in [-0.25, -0.2) is 4.79 Å². The van der Waals surface area contributed by atoms with E-state index in [1.54, 1.807) is 16.7 Å². The Labute approximate surface area is 117 Å². The number of urea groups is 1. The first kappa shape index (κ1) is 16.1. The summed E-state index contributed by atoms with van der Waals surface area (Å²) < 4.78 is 5.24. The standard InChI is InChI=1S/C12H22N2O4S/c1-9(19-2)3-4-13-12(17)14-5-6-18-8-10(14)7-11(15)16/h9-10H,3-8H2,1-2H3,(H,13,17)(H,15,16). The van der Waals surface area contributed by atoms with E-state index in [-0.39, 0.29) is 18.5 Å². The van der Waals surface area contributed by atoms with Crippen molar-refractivity contribution < 1.29 is 19.4 Å². The maximum atomic E-state index is 12.0. The number of hydrogen-bond acceptors (Lipinski definition) is 4. The molecule has 0 bridgehead atoms. The number of aliphatic carboxylic acids is 1. The molecule has 7 heteroatoms. The molecule has 2 unspecified atom stereocenters. The van der Waals surface area contributed by atoms with Crippen molar-refractivity contribution in [1.29, 1.82) is 0 Å². The Hall–Kier alpha value is -0.950. The zero-order valence-electron chi connectivity index (χ0n) is 11.4. The molecule has 1 fully saturated rings. The number of nitrogens with zero attached hydrogens (tertiary/aromatic N) is 1. The molecule has 1 rings (SSSR count). The van der Waals surface area contributed by atoms with Crippen molar-refractivity contribution in [3.05, 3.63) is 0 Å². The zero-order valence-corrected chi connectivity index (χ0v) is 12.2. The SMILES string of the molecule is CSC(C)CCNC(=O)N1CCOCC1CC(=O)O. The third-order valence-corrected chi connectivity index (χ3v) is 4.17. The zero-order chi connectivity index (χ0) is 14.3. The monoisotopic (exact) mass is 290 g/mol. The fourth-order valence-electron chi connectivity index (χ4n) is 1.89. The van der Waals surface area contributed by atoms with E-state index in [1.165, 1.54) is 0 Å². The molecular formula is C12H22N2O4S. The maximum absolute atomic E-state index is 12.0. The topological polar surface area (TPSA) is 78.9 Å². The van der Waals surface area contributed by atoms with Crippen LogP contribution in [0.5, 0.6) is 0 Å². The lowest BCUT2D eigenvalue weighted by atomic mass is 10.1. The third kappa shape index (κ3) is 5.69. The van der Waals surface area contributed by atoms with Gasteiger partial charge >= 0.3 is 12.0 Å².